The molecule has 0 bridgehead atoms. The molecule has 0 aliphatic heterocycles. The Balaban J connectivity index is 2.02. The summed E-state index contributed by atoms with van der Waals surface area (Å²) in [6.07, 6.45) is 4.12. The minimum absolute atomic E-state index is 0.583. The van der Waals surface area contributed by atoms with Crippen LogP contribution in [0.2, 0.25) is 0 Å². The molecule has 1 aromatic rings. The lowest BCUT2D eigenvalue weighted by molar-refractivity contribution is 0.240. The van der Waals surface area contributed by atoms with Gasteiger partial charge in [0.1, 0.15) is 0 Å². The molecule has 1 unspecified atom stereocenters. The second-order valence-corrected chi connectivity index (χ2v) is 6.26. The van der Waals surface area contributed by atoms with E-state index in [2.05, 4.69) is 40.3 Å². The highest BCUT2D eigenvalue weighted by Gasteiger charge is 2.23. The molecular formula is C16H24BrNO2. The molecule has 112 valence electrons. The molecule has 4 heteroatoms. The molecule has 1 saturated carbocycles. The third-order valence-electron chi connectivity index (χ3n) is 4.06. The van der Waals surface area contributed by atoms with Gasteiger partial charge in [0.2, 0.25) is 0 Å². The fourth-order valence-electron chi connectivity index (χ4n) is 2.55. The maximum atomic E-state index is 5.61. The molecule has 2 rings (SSSR count). The van der Waals surface area contributed by atoms with Crippen molar-refractivity contribution in [1.29, 1.82) is 0 Å². The van der Waals surface area contributed by atoms with E-state index in [9.17, 15) is 0 Å². The predicted molar refractivity (Wildman–Crippen MR) is 85.5 cm³/mol. The molecule has 1 atom stereocenters. The van der Waals surface area contributed by atoms with Gasteiger partial charge in [0, 0.05) is 12.6 Å². The van der Waals surface area contributed by atoms with Crippen molar-refractivity contribution < 1.29 is 9.47 Å². The number of ether oxygens (including phenoxy) is 2. The molecule has 0 aromatic heterocycles. The fourth-order valence-corrected chi connectivity index (χ4v) is 3.15. The molecule has 0 amide bonds. The highest BCUT2D eigenvalue weighted by Crippen LogP contribution is 2.37. The quantitative estimate of drug-likeness (QED) is 0.808. The van der Waals surface area contributed by atoms with Crippen molar-refractivity contribution in [1.82, 2.24) is 5.32 Å². The molecule has 0 saturated heterocycles. The zero-order valence-electron chi connectivity index (χ0n) is 12.5. The van der Waals surface area contributed by atoms with Crippen molar-refractivity contribution in [2.75, 3.05) is 13.7 Å². The summed E-state index contributed by atoms with van der Waals surface area (Å²) in [6, 6.07) is 4.74. The largest absolute Gasteiger partial charge is 0.493 e. The smallest absolute Gasteiger partial charge is 0.175 e. The Morgan fingerprint density at radius 3 is 2.70 bits per heavy atom. The van der Waals surface area contributed by atoms with E-state index in [1.54, 1.807) is 7.11 Å². The zero-order chi connectivity index (χ0) is 14.5. The molecule has 1 aliphatic rings. The van der Waals surface area contributed by atoms with Crippen molar-refractivity contribution in [3.05, 3.63) is 22.2 Å². The van der Waals surface area contributed by atoms with Crippen LogP contribution in [-0.4, -0.2) is 19.8 Å². The number of hydrogen-bond donors (Lipinski definition) is 1. The molecule has 0 radical (unpaired) electrons. The lowest BCUT2D eigenvalue weighted by Crippen LogP contribution is -2.36. The molecule has 1 aliphatic carbocycles. The molecule has 20 heavy (non-hydrogen) atoms. The van der Waals surface area contributed by atoms with Gasteiger partial charge in [0.25, 0.3) is 0 Å². The molecule has 1 fully saturated rings. The van der Waals surface area contributed by atoms with Crippen LogP contribution in [0, 0.1) is 5.92 Å². The van der Waals surface area contributed by atoms with Crippen molar-refractivity contribution >= 4 is 15.9 Å². The third-order valence-corrected chi connectivity index (χ3v) is 4.65. The first-order chi connectivity index (χ1) is 9.65. The van der Waals surface area contributed by atoms with Gasteiger partial charge in [-0.1, -0.05) is 6.42 Å². The van der Waals surface area contributed by atoms with Gasteiger partial charge in [-0.3, -0.25) is 0 Å². The van der Waals surface area contributed by atoms with Gasteiger partial charge in [0.05, 0.1) is 18.2 Å². The molecule has 1 aromatic carbocycles. The summed E-state index contributed by atoms with van der Waals surface area (Å²) >= 11 is 3.57. The van der Waals surface area contributed by atoms with E-state index in [1.165, 1.54) is 24.8 Å². The number of benzene rings is 1. The van der Waals surface area contributed by atoms with Crippen LogP contribution < -0.4 is 14.8 Å². The van der Waals surface area contributed by atoms with E-state index in [0.29, 0.717) is 12.6 Å². The van der Waals surface area contributed by atoms with Crippen LogP contribution >= 0.6 is 15.9 Å². The van der Waals surface area contributed by atoms with Crippen LogP contribution in [-0.2, 0) is 6.54 Å². The van der Waals surface area contributed by atoms with E-state index in [1.807, 2.05) is 6.92 Å². The van der Waals surface area contributed by atoms with Crippen LogP contribution in [0.3, 0.4) is 0 Å². The lowest BCUT2D eigenvalue weighted by Gasteiger charge is -2.32. The average molecular weight is 342 g/mol. The molecule has 0 heterocycles. The molecular weight excluding hydrogens is 318 g/mol. The van der Waals surface area contributed by atoms with Crippen LogP contribution in [0.4, 0.5) is 0 Å². The minimum atomic E-state index is 0.583. The predicted octanol–water partition coefficient (Wildman–Crippen LogP) is 4.13. The number of rotatable bonds is 7. The monoisotopic (exact) mass is 341 g/mol. The summed E-state index contributed by atoms with van der Waals surface area (Å²) in [4.78, 5) is 0. The Kier molecular flexibility index (Phi) is 5.73. The van der Waals surface area contributed by atoms with Gasteiger partial charge < -0.3 is 14.8 Å². The topological polar surface area (TPSA) is 30.5 Å². The first-order valence-electron chi connectivity index (χ1n) is 7.38. The Hall–Kier alpha value is -0.740. The van der Waals surface area contributed by atoms with Crippen molar-refractivity contribution in [3.63, 3.8) is 0 Å². The van der Waals surface area contributed by atoms with Crippen molar-refractivity contribution in [2.45, 2.75) is 45.7 Å². The summed E-state index contributed by atoms with van der Waals surface area (Å²) < 4.78 is 12.0. The van der Waals surface area contributed by atoms with Gasteiger partial charge in [0.15, 0.2) is 11.5 Å². The van der Waals surface area contributed by atoms with Gasteiger partial charge in [-0.05, 0) is 66.2 Å². The summed E-state index contributed by atoms with van der Waals surface area (Å²) in [6.45, 7) is 5.75. The van der Waals surface area contributed by atoms with Gasteiger partial charge in [-0.2, -0.15) is 0 Å². The van der Waals surface area contributed by atoms with Gasteiger partial charge in [-0.25, -0.2) is 0 Å². The number of hydrogen-bond acceptors (Lipinski definition) is 3. The minimum Gasteiger partial charge on any atom is -0.493 e. The van der Waals surface area contributed by atoms with Crippen molar-refractivity contribution in [2.24, 2.45) is 5.92 Å². The van der Waals surface area contributed by atoms with Crippen LogP contribution in [0.15, 0.2) is 16.6 Å². The van der Waals surface area contributed by atoms with Crippen LogP contribution in [0.5, 0.6) is 11.5 Å². The number of halogens is 1. The molecule has 0 spiro atoms. The first-order valence-corrected chi connectivity index (χ1v) is 8.17. The molecule has 3 nitrogen and oxygen atoms in total. The summed E-state index contributed by atoms with van der Waals surface area (Å²) in [5.74, 6) is 2.42. The van der Waals surface area contributed by atoms with Gasteiger partial charge in [-0.15, -0.1) is 0 Å². The second kappa shape index (κ2) is 7.32. The zero-order valence-corrected chi connectivity index (χ0v) is 14.1. The number of methoxy groups -OCH3 is 1. The Morgan fingerprint density at radius 2 is 2.15 bits per heavy atom. The number of nitrogens with one attached hydrogen (secondary N) is 1. The Morgan fingerprint density at radius 1 is 1.40 bits per heavy atom. The van der Waals surface area contributed by atoms with E-state index in [4.69, 9.17) is 9.47 Å². The van der Waals surface area contributed by atoms with E-state index in [-0.39, 0.29) is 0 Å². The first kappa shape index (κ1) is 15.6. The standard InChI is InChI=1S/C16H24BrNO2/c1-4-20-16-14(17)8-12(9-15(16)19-3)10-18-11(2)13-6-5-7-13/h8-9,11,13,18H,4-7,10H2,1-3H3. The van der Waals surface area contributed by atoms with E-state index in [0.717, 1.165) is 28.4 Å². The fraction of sp³-hybridized carbons (Fsp3) is 0.625. The van der Waals surface area contributed by atoms with Gasteiger partial charge >= 0.3 is 0 Å². The maximum Gasteiger partial charge on any atom is 0.175 e. The summed E-state index contributed by atoms with van der Waals surface area (Å²) in [5, 5.41) is 3.61. The van der Waals surface area contributed by atoms with Crippen LogP contribution in [0.25, 0.3) is 0 Å². The average Bonchev–Trinajstić information content (AvgIpc) is 2.37. The van der Waals surface area contributed by atoms with E-state index < -0.39 is 0 Å². The normalized spacial score (nSPS) is 16.6. The maximum absolute atomic E-state index is 5.61. The third kappa shape index (κ3) is 3.67. The van der Waals surface area contributed by atoms with Crippen LogP contribution in [0.1, 0.15) is 38.7 Å². The summed E-state index contributed by atoms with van der Waals surface area (Å²) in [7, 11) is 1.68. The van der Waals surface area contributed by atoms with E-state index >= 15 is 0 Å². The highest BCUT2D eigenvalue weighted by molar-refractivity contribution is 9.10. The SMILES string of the molecule is CCOc1c(Br)cc(CNC(C)C2CCC2)cc1OC. The Bertz CT molecular complexity index is 446. The summed E-state index contributed by atoms with van der Waals surface area (Å²) in [5.41, 5.74) is 1.21. The highest BCUT2D eigenvalue weighted by atomic mass is 79.9. The van der Waals surface area contributed by atoms with Crippen molar-refractivity contribution in [3.8, 4) is 11.5 Å². The second-order valence-electron chi connectivity index (χ2n) is 5.40. The lowest BCUT2D eigenvalue weighted by atomic mass is 9.80. The Labute approximate surface area is 130 Å². The molecule has 1 N–H and O–H groups in total.